The van der Waals surface area contributed by atoms with E-state index in [1.165, 1.54) is 0 Å². The normalized spacial score (nSPS) is 13.5. The molecule has 0 fully saturated rings. The van der Waals surface area contributed by atoms with E-state index in [1.54, 1.807) is 13.8 Å². The van der Waals surface area contributed by atoms with Crippen molar-refractivity contribution in [3.8, 4) is 0 Å². The molecule has 0 spiro atoms. The van der Waals surface area contributed by atoms with Crippen molar-refractivity contribution in [1.29, 1.82) is 0 Å². The molecule has 0 aromatic rings. The van der Waals surface area contributed by atoms with Crippen molar-refractivity contribution in [2.45, 2.75) is 65.5 Å². The third-order valence-corrected chi connectivity index (χ3v) is 3.44. The number of ether oxygens (including phenoxy) is 2. The minimum absolute atomic E-state index is 0.165. The van der Waals surface area contributed by atoms with Crippen molar-refractivity contribution >= 4 is 11.9 Å². The summed E-state index contributed by atoms with van der Waals surface area (Å²) in [5.74, 6) is -0.329. The van der Waals surface area contributed by atoms with Gasteiger partial charge in [-0.25, -0.2) is 0 Å². The summed E-state index contributed by atoms with van der Waals surface area (Å²) in [6.07, 6.45) is 2.63. The molecule has 0 bridgehead atoms. The number of carbonyl (C=O) groups is 2. The van der Waals surface area contributed by atoms with E-state index in [0.717, 1.165) is 25.9 Å². The third-order valence-electron chi connectivity index (χ3n) is 3.44. The van der Waals surface area contributed by atoms with Gasteiger partial charge in [-0.15, -0.1) is 0 Å². The second-order valence-electron chi connectivity index (χ2n) is 5.19. The Morgan fingerprint density at radius 3 is 1.41 bits per heavy atom. The summed E-state index contributed by atoms with van der Waals surface area (Å²) in [5.41, 5.74) is 0. The minimum atomic E-state index is -0.165. The highest BCUT2D eigenvalue weighted by Crippen LogP contribution is 1.96. The average Bonchev–Trinajstić information content (AvgIpc) is 2.55. The zero-order valence-corrected chi connectivity index (χ0v) is 14.4. The number of hydrogen-bond acceptors (Lipinski definition) is 6. The van der Waals surface area contributed by atoms with Crippen LogP contribution in [0.3, 0.4) is 0 Å². The number of carbonyl (C=O) groups excluding carboxylic acids is 2. The van der Waals surface area contributed by atoms with Crippen LogP contribution in [0.2, 0.25) is 0 Å². The topological polar surface area (TPSA) is 76.7 Å². The first-order valence-electron chi connectivity index (χ1n) is 8.35. The summed E-state index contributed by atoms with van der Waals surface area (Å²) < 4.78 is 10.3. The molecule has 0 amide bonds. The van der Waals surface area contributed by atoms with Crippen LogP contribution >= 0.6 is 0 Å². The molecule has 22 heavy (non-hydrogen) atoms. The first kappa shape index (κ1) is 20.9. The summed E-state index contributed by atoms with van der Waals surface area (Å²) in [6, 6.07) is 0.352. The zero-order chi connectivity index (χ0) is 16.8. The lowest BCUT2D eigenvalue weighted by Crippen LogP contribution is -2.42. The van der Waals surface area contributed by atoms with Crippen LogP contribution < -0.4 is 10.6 Å². The van der Waals surface area contributed by atoms with E-state index in [1.807, 2.05) is 0 Å². The molecule has 6 heteroatoms. The lowest BCUT2D eigenvalue weighted by molar-refractivity contribution is -0.145. The predicted octanol–water partition coefficient (Wildman–Crippen LogP) is 1.63. The molecule has 130 valence electrons. The Bertz CT molecular complexity index is 281. The fraction of sp³-hybridized carbons (Fsp3) is 0.875. The van der Waals surface area contributed by atoms with E-state index in [0.29, 0.717) is 26.1 Å². The monoisotopic (exact) mass is 316 g/mol. The maximum Gasteiger partial charge on any atom is 0.305 e. The first-order valence-corrected chi connectivity index (χ1v) is 8.35. The largest absolute Gasteiger partial charge is 0.464 e. The second-order valence-corrected chi connectivity index (χ2v) is 5.19. The van der Waals surface area contributed by atoms with Gasteiger partial charge in [0, 0.05) is 38.0 Å². The Balaban J connectivity index is 3.81. The molecule has 0 heterocycles. The van der Waals surface area contributed by atoms with Gasteiger partial charge in [0.25, 0.3) is 0 Å². The SMILES string of the molecule is CCC(=O)OC[C@H](CC)NCCN[C@@H](CC)COC(=O)CC. The maximum absolute atomic E-state index is 11.1. The molecule has 0 radical (unpaired) electrons. The van der Waals surface area contributed by atoms with Gasteiger partial charge in [-0.05, 0) is 12.8 Å². The van der Waals surface area contributed by atoms with Crippen molar-refractivity contribution in [1.82, 2.24) is 10.6 Å². The van der Waals surface area contributed by atoms with Crippen molar-refractivity contribution < 1.29 is 19.1 Å². The number of nitrogens with one attached hydrogen (secondary N) is 2. The highest BCUT2D eigenvalue weighted by molar-refractivity contribution is 5.69. The molecule has 0 aliphatic rings. The van der Waals surface area contributed by atoms with Gasteiger partial charge >= 0.3 is 11.9 Å². The zero-order valence-electron chi connectivity index (χ0n) is 14.4. The van der Waals surface area contributed by atoms with Crippen molar-refractivity contribution in [3.05, 3.63) is 0 Å². The van der Waals surface area contributed by atoms with Crippen LogP contribution in [-0.2, 0) is 19.1 Å². The van der Waals surface area contributed by atoms with Crippen LogP contribution in [0.25, 0.3) is 0 Å². The predicted molar refractivity (Wildman–Crippen MR) is 86.7 cm³/mol. The van der Waals surface area contributed by atoms with Gasteiger partial charge in [-0.2, -0.15) is 0 Å². The lowest BCUT2D eigenvalue weighted by Gasteiger charge is -2.20. The van der Waals surface area contributed by atoms with Gasteiger partial charge in [0.15, 0.2) is 0 Å². The fourth-order valence-electron chi connectivity index (χ4n) is 1.79. The van der Waals surface area contributed by atoms with Crippen molar-refractivity contribution in [3.63, 3.8) is 0 Å². The van der Waals surface area contributed by atoms with Crippen LogP contribution in [0.1, 0.15) is 53.4 Å². The second kappa shape index (κ2) is 13.5. The van der Waals surface area contributed by atoms with Crippen LogP contribution in [0.5, 0.6) is 0 Å². The smallest absolute Gasteiger partial charge is 0.305 e. The van der Waals surface area contributed by atoms with Gasteiger partial charge in [-0.1, -0.05) is 27.7 Å². The van der Waals surface area contributed by atoms with Crippen molar-refractivity contribution in [2.24, 2.45) is 0 Å². The van der Waals surface area contributed by atoms with E-state index in [-0.39, 0.29) is 24.0 Å². The summed E-state index contributed by atoms with van der Waals surface area (Å²) >= 11 is 0. The fourth-order valence-corrected chi connectivity index (χ4v) is 1.79. The summed E-state index contributed by atoms with van der Waals surface area (Å²) in [6.45, 7) is 10.1. The molecular weight excluding hydrogens is 284 g/mol. The maximum atomic E-state index is 11.1. The van der Waals surface area contributed by atoms with E-state index in [2.05, 4.69) is 24.5 Å². The highest BCUT2D eigenvalue weighted by atomic mass is 16.5. The quantitative estimate of drug-likeness (QED) is 0.397. The number of esters is 2. The molecule has 0 aromatic heterocycles. The Morgan fingerprint density at radius 1 is 0.773 bits per heavy atom. The van der Waals surface area contributed by atoms with Crippen LogP contribution in [-0.4, -0.2) is 50.3 Å². The molecule has 2 atom stereocenters. The molecular formula is C16H32N2O4. The molecule has 0 aliphatic heterocycles. The lowest BCUT2D eigenvalue weighted by atomic mass is 10.2. The molecule has 0 unspecified atom stereocenters. The minimum Gasteiger partial charge on any atom is -0.464 e. The number of hydrogen-bond donors (Lipinski definition) is 2. The third kappa shape index (κ3) is 10.6. The van der Waals surface area contributed by atoms with Gasteiger partial charge in [-0.3, -0.25) is 9.59 Å². The summed E-state index contributed by atoms with van der Waals surface area (Å²) in [4.78, 5) is 22.3. The Morgan fingerprint density at radius 2 is 1.14 bits per heavy atom. The van der Waals surface area contributed by atoms with Gasteiger partial charge < -0.3 is 20.1 Å². The Labute approximate surface area is 134 Å². The molecule has 2 N–H and O–H groups in total. The van der Waals surface area contributed by atoms with Gasteiger partial charge in [0.1, 0.15) is 13.2 Å². The van der Waals surface area contributed by atoms with Crippen LogP contribution in [0.15, 0.2) is 0 Å². The van der Waals surface area contributed by atoms with Crippen molar-refractivity contribution in [2.75, 3.05) is 26.3 Å². The van der Waals surface area contributed by atoms with Crippen LogP contribution in [0.4, 0.5) is 0 Å². The average molecular weight is 316 g/mol. The highest BCUT2D eigenvalue weighted by Gasteiger charge is 2.10. The standard InChI is InChI=1S/C16H32N2O4/c1-5-13(11-21-15(19)7-3)17-9-10-18-14(6-2)12-22-16(20)8-4/h13-14,17-18H,5-12H2,1-4H3/t13-,14-/m0/s1. The summed E-state index contributed by atoms with van der Waals surface area (Å²) in [5, 5.41) is 6.71. The molecule has 6 nitrogen and oxygen atoms in total. The molecule has 0 aromatic carbocycles. The summed E-state index contributed by atoms with van der Waals surface area (Å²) in [7, 11) is 0. The Hall–Kier alpha value is -1.14. The molecule has 0 rings (SSSR count). The molecule has 0 saturated heterocycles. The van der Waals surface area contributed by atoms with E-state index >= 15 is 0 Å². The molecule has 0 aliphatic carbocycles. The van der Waals surface area contributed by atoms with Crippen LogP contribution in [0, 0.1) is 0 Å². The van der Waals surface area contributed by atoms with Gasteiger partial charge in [0.2, 0.25) is 0 Å². The van der Waals surface area contributed by atoms with Gasteiger partial charge in [0.05, 0.1) is 0 Å². The van der Waals surface area contributed by atoms with E-state index in [4.69, 9.17) is 9.47 Å². The number of rotatable bonds is 13. The first-order chi connectivity index (χ1) is 10.6. The Kier molecular flexibility index (Phi) is 12.8. The van der Waals surface area contributed by atoms with E-state index in [9.17, 15) is 9.59 Å². The van der Waals surface area contributed by atoms with E-state index < -0.39 is 0 Å². The molecule has 0 saturated carbocycles.